The van der Waals surface area contributed by atoms with Gasteiger partial charge in [0.2, 0.25) is 0 Å². The molecule has 3 amide bonds. The van der Waals surface area contributed by atoms with E-state index in [2.05, 4.69) is 31.1 Å². The van der Waals surface area contributed by atoms with Crippen LogP contribution in [0.2, 0.25) is 0 Å². The second-order valence-corrected chi connectivity index (χ2v) is 9.29. The minimum absolute atomic E-state index is 0.00540. The van der Waals surface area contributed by atoms with Gasteiger partial charge in [0, 0.05) is 17.6 Å². The molecule has 4 rings (SSSR count). The van der Waals surface area contributed by atoms with Crippen LogP contribution in [0.4, 0.5) is 4.79 Å². The van der Waals surface area contributed by atoms with E-state index in [4.69, 9.17) is 0 Å². The summed E-state index contributed by atoms with van der Waals surface area (Å²) in [6.45, 7) is 8.00. The molecule has 0 unspecified atom stereocenters. The van der Waals surface area contributed by atoms with E-state index in [9.17, 15) is 14.4 Å². The largest absolute Gasteiger partial charge is 0.325 e. The van der Waals surface area contributed by atoms with E-state index in [0.29, 0.717) is 16.2 Å². The third kappa shape index (κ3) is 3.23. The second-order valence-electron chi connectivity index (χ2n) is 8.42. The van der Waals surface area contributed by atoms with E-state index < -0.39 is 11.6 Å². The first-order chi connectivity index (χ1) is 13.6. The van der Waals surface area contributed by atoms with Gasteiger partial charge in [-0.15, -0.1) is 11.3 Å². The van der Waals surface area contributed by atoms with Crippen molar-refractivity contribution in [3.05, 3.63) is 69.1 Å². The number of thiazole rings is 1. The smallest absolute Gasteiger partial charge is 0.319 e. The van der Waals surface area contributed by atoms with Crippen molar-refractivity contribution in [1.29, 1.82) is 0 Å². The number of rotatable bonds is 3. The van der Waals surface area contributed by atoms with Gasteiger partial charge < -0.3 is 5.32 Å². The quantitative estimate of drug-likeness (QED) is 0.673. The van der Waals surface area contributed by atoms with E-state index in [1.54, 1.807) is 18.5 Å². The molecule has 1 N–H and O–H groups in total. The number of carbonyl (C=O) groups excluding carboxylic acids is 2. The molecular weight excluding hydrogens is 388 g/mol. The van der Waals surface area contributed by atoms with Crippen LogP contribution in [0.3, 0.4) is 0 Å². The van der Waals surface area contributed by atoms with Crippen LogP contribution in [-0.2, 0) is 22.3 Å². The molecule has 1 fully saturated rings. The highest BCUT2D eigenvalue weighted by Crippen LogP contribution is 2.31. The summed E-state index contributed by atoms with van der Waals surface area (Å²) in [7, 11) is 0. The number of hydrogen-bond acceptors (Lipinski definition) is 5. The van der Waals surface area contributed by atoms with Gasteiger partial charge in [-0.2, -0.15) is 0 Å². The molecule has 1 atom stereocenters. The number of imide groups is 1. The molecule has 2 aromatic heterocycles. The normalized spacial score (nSPS) is 19.8. The molecule has 1 aliphatic rings. The summed E-state index contributed by atoms with van der Waals surface area (Å²) in [6.07, 6.45) is 1.64. The van der Waals surface area contributed by atoms with Crippen LogP contribution < -0.4 is 10.9 Å². The Morgan fingerprint density at radius 3 is 2.48 bits per heavy atom. The lowest BCUT2D eigenvalue weighted by Crippen LogP contribution is -2.41. The fourth-order valence-corrected chi connectivity index (χ4v) is 4.21. The number of aromatic nitrogens is 2. The highest BCUT2D eigenvalue weighted by molar-refractivity contribution is 7.15. The lowest BCUT2D eigenvalue weighted by molar-refractivity contribution is -0.131. The highest BCUT2D eigenvalue weighted by Gasteiger charge is 2.49. The Hall–Kier alpha value is -3.00. The number of urea groups is 1. The van der Waals surface area contributed by atoms with Crippen molar-refractivity contribution < 1.29 is 9.59 Å². The summed E-state index contributed by atoms with van der Waals surface area (Å²) in [6, 6.07) is 8.58. The molecule has 1 saturated heterocycles. The van der Waals surface area contributed by atoms with Crippen molar-refractivity contribution in [1.82, 2.24) is 19.6 Å². The number of nitrogens with one attached hydrogen (secondary N) is 1. The molecule has 0 radical (unpaired) electrons. The maximum atomic E-state index is 13.2. The number of hydrogen-bond donors (Lipinski definition) is 1. The van der Waals surface area contributed by atoms with E-state index >= 15 is 0 Å². The van der Waals surface area contributed by atoms with Crippen LogP contribution in [0.5, 0.6) is 0 Å². The number of carbonyl (C=O) groups is 2. The molecule has 0 saturated carbocycles. The molecule has 0 spiro atoms. The predicted octanol–water partition coefficient (Wildman–Crippen LogP) is 3.02. The summed E-state index contributed by atoms with van der Waals surface area (Å²) >= 11 is 1.32. The minimum Gasteiger partial charge on any atom is -0.319 e. The molecule has 1 aromatic carbocycles. The fourth-order valence-electron chi connectivity index (χ4n) is 3.47. The molecule has 0 aliphatic carbocycles. The van der Waals surface area contributed by atoms with Gasteiger partial charge in [-0.3, -0.25) is 18.9 Å². The zero-order valence-corrected chi connectivity index (χ0v) is 17.5. The SMILES string of the molecule is CC(C)(C)c1ccc([C@@]2(C)NC(=O)N(Cc3cc(=O)n4ccsc4n3)C2=O)cc1. The third-order valence-corrected chi connectivity index (χ3v) is 6.04. The number of benzene rings is 1. The number of fused-ring (bicyclic) bond motifs is 1. The minimum atomic E-state index is -1.16. The molecule has 3 heterocycles. The first-order valence-corrected chi connectivity index (χ1v) is 10.2. The Morgan fingerprint density at radius 1 is 1.14 bits per heavy atom. The Kier molecular flexibility index (Phi) is 4.34. The van der Waals surface area contributed by atoms with Crippen molar-refractivity contribution >= 4 is 28.2 Å². The predicted molar refractivity (Wildman–Crippen MR) is 111 cm³/mol. The van der Waals surface area contributed by atoms with Gasteiger partial charge in [-0.1, -0.05) is 45.0 Å². The van der Waals surface area contributed by atoms with Crippen molar-refractivity contribution in [2.45, 2.75) is 45.2 Å². The lowest BCUT2D eigenvalue weighted by atomic mass is 9.84. The van der Waals surface area contributed by atoms with Crippen molar-refractivity contribution in [3.8, 4) is 0 Å². The fraction of sp³-hybridized carbons (Fsp3) is 0.333. The molecule has 29 heavy (non-hydrogen) atoms. The second kappa shape index (κ2) is 6.52. The van der Waals surface area contributed by atoms with Crippen LogP contribution in [0.25, 0.3) is 4.96 Å². The van der Waals surface area contributed by atoms with Crippen molar-refractivity contribution in [3.63, 3.8) is 0 Å². The average Bonchev–Trinajstić information content (AvgIpc) is 3.21. The Balaban J connectivity index is 1.63. The monoisotopic (exact) mass is 410 g/mol. The Morgan fingerprint density at radius 2 is 1.83 bits per heavy atom. The first-order valence-electron chi connectivity index (χ1n) is 9.30. The number of amides is 3. The molecule has 150 valence electrons. The van der Waals surface area contributed by atoms with Gasteiger partial charge in [0.15, 0.2) is 4.96 Å². The maximum Gasteiger partial charge on any atom is 0.325 e. The summed E-state index contributed by atoms with van der Waals surface area (Å²) in [5, 5.41) is 4.56. The molecule has 1 aliphatic heterocycles. The maximum absolute atomic E-state index is 13.2. The van der Waals surface area contributed by atoms with Gasteiger partial charge in [0.25, 0.3) is 11.5 Å². The van der Waals surface area contributed by atoms with Crippen LogP contribution in [0.1, 0.15) is 44.5 Å². The van der Waals surface area contributed by atoms with Gasteiger partial charge in [0.05, 0.1) is 12.2 Å². The van der Waals surface area contributed by atoms with Gasteiger partial charge in [0.1, 0.15) is 5.54 Å². The molecule has 0 bridgehead atoms. The topological polar surface area (TPSA) is 83.8 Å². The third-order valence-electron chi connectivity index (χ3n) is 5.28. The molecular formula is C21H22N4O3S. The number of nitrogens with zero attached hydrogens (tertiary/aromatic N) is 3. The summed E-state index contributed by atoms with van der Waals surface area (Å²) in [4.78, 5) is 44.0. The highest BCUT2D eigenvalue weighted by atomic mass is 32.1. The Bertz CT molecular complexity index is 1170. The van der Waals surface area contributed by atoms with Crippen LogP contribution >= 0.6 is 11.3 Å². The first kappa shape index (κ1) is 19.3. The van der Waals surface area contributed by atoms with Crippen LogP contribution in [-0.4, -0.2) is 26.2 Å². The zero-order chi connectivity index (χ0) is 21.0. The van der Waals surface area contributed by atoms with Crippen molar-refractivity contribution in [2.75, 3.05) is 0 Å². The van der Waals surface area contributed by atoms with Gasteiger partial charge in [-0.25, -0.2) is 9.78 Å². The zero-order valence-electron chi connectivity index (χ0n) is 16.7. The van der Waals surface area contributed by atoms with E-state index in [1.807, 2.05) is 24.3 Å². The standard InChI is InChI=1S/C21H22N4O3S/c1-20(2,3)13-5-7-14(8-6-13)21(4)17(27)25(18(28)23-21)12-15-11-16(26)24-9-10-29-19(24)22-15/h5-11H,12H2,1-4H3,(H,23,28)/t21-/m1/s1. The Labute approximate surface area is 172 Å². The molecule has 8 heteroatoms. The summed E-state index contributed by atoms with van der Waals surface area (Å²) < 4.78 is 1.43. The molecule has 3 aromatic rings. The van der Waals surface area contributed by atoms with Crippen molar-refractivity contribution in [2.24, 2.45) is 0 Å². The van der Waals surface area contributed by atoms with E-state index in [1.165, 1.54) is 21.8 Å². The van der Waals surface area contributed by atoms with Crippen LogP contribution in [0.15, 0.2) is 46.7 Å². The summed E-state index contributed by atoms with van der Waals surface area (Å²) in [5.74, 6) is -0.362. The average molecular weight is 410 g/mol. The molecule has 7 nitrogen and oxygen atoms in total. The van der Waals surface area contributed by atoms with Gasteiger partial charge >= 0.3 is 6.03 Å². The summed E-state index contributed by atoms with van der Waals surface area (Å²) in [5.41, 5.74) is 0.844. The van der Waals surface area contributed by atoms with E-state index in [-0.39, 0.29) is 23.4 Å². The van der Waals surface area contributed by atoms with Crippen LogP contribution in [0, 0.1) is 0 Å². The lowest BCUT2D eigenvalue weighted by Gasteiger charge is -2.24. The van der Waals surface area contributed by atoms with Gasteiger partial charge in [-0.05, 0) is 23.5 Å². The van der Waals surface area contributed by atoms with E-state index in [0.717, 1.165) is 10.5 Å².